The lowest BCUT2D eigenvalue weighted by Crippen LogP contribution is -2.25. The highest BCUT2D eigenvalue weighted by Gasteiger charge is 2.14. The summed E-state index contributed by atoms with van der Waals surface area (Å²) in [6.45, 7) is 6.28. The lowest BCUT2D eigenvalue weighted by Gasteiger charge is -2.23. The molecular weight excluding hydrogens is 404 g/mol. The zero-order chi connectivity index (χ0) is 22.8. The number of rotatable bonds is 9. The SMILES string of the molecule is CCN(CC)c1ccccc1C(=O)Nc1ccc(CNC(=O)OCc2cccnc2)cc1. The fourth-order valence-corrected chi connectivity index (χ4v) is 3.27. The molecular formula is C25H28N4O3. The van der Waals surface area contributed by atoms with Crippen LogP contribution in [0.3, 0.4) is 0 Å². The van der Waals surface area contributed by atoms with E-state index in [9.17, 15) is 9.59 Å². The van der Waals surface area contributed by atoms with Gasteiger partial charge in [-0.15, -0.1) is 0 Å². The number of benzene rings is 2. The number of anilines is 2. The second-order valence-corrected chi connectivity index (χ2v) is 7.13. The predicted octanol–water partition coefficient (Wildman–Crippen LogP) is 4.61. The van der Waals surface area contributed by atoms with E-state index in [0.29, 0.717) is 17.8 Å². The van der Waals surface area contributed by atoms with Crippen molar-refractivity contribution in [1.82, 2.24) is 10.3 Å². The molecule has 1 heterocycles. The largest absolute Gasteiger partial charge is 0.445 e. The first-order chi connectivity index (χ1) is 15.6. The van der Waals surface area contributed by atoms with Gasteiger partial charge in [-0.1, -0.05) is 30.3 Å². The van der Waals surface area contributed by atoms with Crippen molar-refractivity contribution in [1.29, 1.82) is 0 Å². The molecule has 0 saturated carbocycles. The minimum absolute atomic E-state index is 0.155. The molecule has 1 aromatic heterocycles. The number of carbonyl (C=O) groups is 2. The Morgan fingerprint density at radius 2 is 1.69 bits per heavy atom. The van der Waals surface area contributed by atoms with Crippen molar-refractivity contribution in [3.63, 3.8) is 0 Å². The van der Waals surface area contributed by atoms with E-state index in [1.54, 1.807) is 18.5 Å². The van der Waals surface area contributed by atoms with Gasteiger partial charge >= 0.3 is 6.09 Å². The lowest BCUT2D eigenvalue weighted by atomic mass is 10.1. The zero-order valence-corrected chi connectivity index (χ0v) is 18.4. The fourth-order valence-electron chi connectivity index (χ4n) is 3.27. The van der Waals surface area contributed by atoms with E-state index >= 15 is 0 Å². The number of pyridine rings is 1. The molecule has 2 aromatic carbocycles. The van der Waals surface area contributed by atoms with Gasteiger partial charge in [0.05, 0.1) is 5.56 Å². The average Bonchev–Trinajstić information content (AvgIpc) is 2.84. The van der Waals surface area contributed by atoms with Crippen molar-refractivity contribution in [3.8, 4) is 0 Å². The molecule has 166 valence electrons. The highest BCUT2D eigenvalue weighted by atomic mass is 16.5. The molecule has 0 bridgehead atoms. The Morgan fingerprint density at radius 1 is 0.938 bits per heavy atom. The average molecular weight is 433 g/mol. The van der Waals surface area contributed by atoms with Crippen molar-refractivity contribution in [2.75, 3.05) is 23.3 Å². The van der Waals surface area contributed by atoms with Crippen molar-refractivity contribution < 1.29 is 14.3 Å². The number of para-hydroxylation sites is 1. The van der Waals surface area contributed by atoms with Gasteiger partial charge in [-0.3, -0.25) is 9.78 Å². The fraction of sp³-hybridized carbons (Fsp3) is 0.240. The van der Waals surface area contributed by atoms with Gasteiger partial charge in [0, 0.05) is 49.0 Å². The Balaban J connectivity index is 1.53. The summed E-state index contributed by atoms with van der Waals surface area (Å²) in [5.74, 6) is -0.155. The van der Waals surface area contributed by atoms with Crippen LogP contribution in [0.4, 0.5) is 16.2 Å². The van der Waals surface area contributed by atoms with E-state index in [2.05, 4.69) is 34.4 Å². The van der Waals surface area contributed by atoms with Gasteiger partial charge in [0.1, 0.15) is 6.61 Å². The Bertz CT molecular complexity index is 1020. The van der Waals surface area contributed by atoms with Crippen LogP contribution in [-0.4, -0.2) is 30.1 Å². The zero-order valence-electron chi connectivity index (χ0n) is 18.4. The van der Waals surface area contributed by atoms with Crippen LogP contribution in [0.2, 0.25) is 0 Å². The van der Waals surface area contributed by atoms with Crippen LogP contribution in [0.15, 0.2) is 73.1 Å². The summed E-state index contributed by atoms with van der Waals surface area (Å²) in [7, 11) is 0. The van der Waals surface area contributed by atoms with Gasteiger partial charge in [0.15, 0.2) is 0 Å². The first-order valence-electron chi connectivity index (χ1n) is 10.6. The first kappa shape index (κ1) is 22.8. The van der Waals surface area contributed by atoms with E-state index < -0.39 is 6.09 Å². The maximum Gasteiger partial charge on any atom is 0.407 e. The van der Waals surface area contributed by atoms with E-state index in [0.717, 1.165) is 29.9 Å². The molecule has 0 fully saturated rings. The van der Waals surface area contributed by atoms with Crippen molar-refractivity contribution in [2.24, 2.45) is 0 Å². The summed E-state index contributed by atoms with van der Waals surface area (Å²) < 4.78 is 5.17. The number of nitrogens with zero attached hydrogens (tertiary/aromatic N) is 2. The summed E-state index contributed by atoms with van der Waals surface area (Å²) >= 11 is 0. The van der Waals surface area contributed by atoms with Crippen LogP contribution < -0.4 is 15.5 Å². The topological polar surface area (TPSA) is 83.6 Å². The highest BCUT2D eigenvalue weighted by molar-refractivity contribution is 6.08. The standard InChI is InChI=1S/C25H28N4O3/c1-3-29(4-2)23-10-6-5-9-22(23)24(30)28-21-13-11-19(12-14-21)17-27-25(31)32-18-20-8-7-15-26-16-20/h5-16H,3-4,17-18H2,1-2H3,(H,27,31)(H,28,30). The van der Waals surface area contributed by atoms with Gasteiger partial charge < -0.3 is 20.3 Å². The maximum absolute atomic E-state index is 12.8. The van der Waals surface area contributed by atoms with E-state index in [1.807, 2.05) is 54.6 Å². The van der Waals surface area contributed by atoms with Crippen LogP contribution in [0, 0.1) is 0 Å². The summed E-state index contributed by atoms with van der Waals surface area (Å²) in [6.07, 6.45) is 2.82. The maximum atomic E-state index is 12.8. The molecule has 0 atom stereocenters. The minimum Gasteiger partial charge on any atom is -0.445 e. The Labute approximate surface area is 188 Å². The molecule has 3 rings (SSSR count). The second-order valence-electron chi connectivity index (χ2n) is 7.13. The predicted molar refractivity (Wildman–Crippen MR) is 126 cm³/mol. The second kappa shape index (κ2) is 11.5. The number of amides is 2. The summed E-state index contributed by atoms with van der Waals surface area (Å²) in [4.78, 5) is 30.9. The molecule has 0 aliphatic rings. The number of hydrogen-bond acceptors (Lipinski definition) is 5. The normalized spacial score (nSPS) is 10.3. The lowest BCUT2D eigenvalue weighted by molar-refractivity contribution is 0.102. The van der Waals surface area contributed by atoms with E-state index in [-0.39, 0.29) is 12.5 Å². The van der Waals surface area contributed by atoms with Crippen LogP contribution in [0.1, 0.15) is 35.3 Å². The van der Waals surface area contributed by atoms with Crippen molar-refractivity contribution in [3.05, 3.63) is 89.7 Å². The molecule has 0 unspecified atom stereocenters. The third-order valence-electron chi connectivity index (χ3n) is 4.99. The molecule has 32 heavy (non-hydrogen) atoms. The van der Waals surface area contributed by atoms with Crippen molar-refractivity contribution in [2.45, 2.75) is 27.0 Å². The molecule has 7 nitrogen and oxygen atoms in total. The first-order valence-corrected chi connectivity index (χ1v) is 10.6. The van der Waals surface area contributed by atoms with Gasteiger partial charge in [-0.2, -0.15) is 0 Å². The highest BCUT2D eigenvalue weighted by Crippen LogP contribution is 2.21. The van der Waals surface area contributed by atoms with Crippen molar-refractivity contribution >= 4 is 23.4 Å². The number of nitrogens with one attached hydrogen (secondary N) is 2. The molecule has 0 saturated heterocycles. The third-order valence-corrected chi connectivity index (χ3v) is 4.99. The van der Waals surface area contributed by atoms with E-state index in [1.165, 1.54) is 0 Å². The van der Waals surface area contributed by atoms with Crippen LogP contribution in [-0.2, 0) is 17.9 Å². The molecule has 0 radical (unpaired) electrons. The third kappa shape index (κ3) is 6.31. The van der Waals surface area contributed by atoms with Crippen LogP contribution in [0.5, 0.6) is 0 Å². The quantitative estimate of drug-likeness (QED) is 0.516. The number of ether oxygens (including phenoxy) is 1. The molecule has 0 aliphatic heterocycles. The Hall–Kier alpha value is -3.87. The molecule has 0 aliphatic carbocycles. The molecule has 3 aromatic rings. The van der Waals surface area contributed by atoms with Crippen LogP contribution in [0.25, 0.3) is 0 Å². The minimum atomic E-state index is -0.501. The van der Waals surface area contributed by atoms with E-state index in [4.69, 9.17) is 4.74 Å². The smallest absolute Gasteiger partial charge is 0.407 e. The monoisotopic (exact) mass is 432 g/mol. The van der Waals surface area contributed by atoms with Crippen LogP contribution >= 0.6 is 0 Å². The summed E-state index contributed by atoms with van der Waals surface area (Å²) in [5.41, 5.74) is 3.96. The summed E-state index contributed by atoms with van der Waals surface area (Å²) in [6, 6.07) is 18.6. The molecule has 7 heteroatoms. The summed E-state index contributed by atoms with van der Waals surface area (Å²) in [5, 5.41) is 5.66. The number of carbonyl (C=O) groups excluding carboxylic acids is 2. The number of hydrogen-bond donors (Lipinski definition) is 2. The number of aromatic nitrogens is 1. The van der Waals surface area contributed by atoms with Gasteiger partial charge in [-0.05, 0) is 49.7 Å². The molecule has 2 N–H and O–H groups in total. The number of alkyl carbamates (subject to hydrolysis) is 1. The molecule has 2 amide bonds. The Morgan fingerprint density at radius 3 is 2.38 bits per heavy atom. The molecule has 0 spiro atoms. The van der Waals surface area contributed by atoms with Gasteiger partial charge in [-0.25, -0.2) is 4.79 Å². The van der Waals surface area contributed by atoms with Gasteiger partial charge in [0.25, 0.3) is 5.91 Å². The Kier molecular flexibility index (Phi) is 8.20. The van der Waals surface area contributed by atoms with Gasteiger partial charge in [0.2, 0.25) is 0 Å².